The number of rotatable bonds is 2. The van der Waals surface area contributed by atoms with Crippen LogP contribution in [0.3, 0.4) is 0 Å². The van der Waals surface area contributed by atoms with Crippen LogP contribution in [0.1, 0.15) is 0 Å². The van der Waals surface area contributed by atoms with Crippen LogP contribution in [0.5, 0.6) is 0 Å². The van der Waals surface area contributed by atoms with Crippen LogP contribution in [-0.2, 0) is 0 Å². The Morgan fingerprint density at radius 1 is 0.537 bits per heavy atom. The molecule has 0 saturated carbocycles. The number of halogens is 1. The lowest BCUT2D eigenvalue weighted by Crippen LogP contribution is -2.22. The maximum atomic E-state index is 6.21. The quantitative estimate of drug-likeness (QED) is 0.184. The number of hydrogen-bond acceptors (Lipinski definition) is 8. The normalized spacial score (nSPS) is 14.1. The molecule has 0 unspecified atom stereocenters. The molecule has 9 heteroatoms. The van der Waals surface area contributed by atoms with Crippen molar-refractivity contribution >= 4 is 90.5 Å². The van der Waals surface area contributed by atoms with Gasteiger partial charge in [0.15, 0.2) is 11.2 Å². The van der Waals surface area contributed by atoms with Crippen LogP contribution < -0.4 is 4.90 Å². The highest BCUT2D eigenvalue weighted by molar-refractivity contribution is 9.10. The van der Waals surface area contributed by atoms with Gasteiger partial charge in [-0.3, -0.25) is 0 Å². The van der Waals surface area contributed by atoms with Gasteiger partial charge in [-0.25, -0.2) is 9.97 Å². The molecule has 0 spiro atoms. The summed E-state index contributed by atoms with van der Waals surface area (Å²) in [6.07, 6.45) is 0. The van der Waals surface area contributed by atoms with Gasteiger partial charge >= 0.3 is 0 Å². The van der Waals surface area contributed by atoms with Crippen LogP contribution in [0.4, 0.5) is 17.1 Å². The lowest BCUT2D eigenvalue weighted by molar-refractivity contribution is 0.619. The van der Waals surface area contributed by atoms with Gasteiger partial charge in [0, 0.05) is 45.0 Å². The van der Waals surface area contributed by atoms with E-state index in [4.69, 9.17) is 18.8 Å². The monoisotopic (exact) mass is 647 g/mol. The van der Waals surface area contributed by atoms with Crippen molar-refractivity contribution < 1.29 is 8.83 Å². The number of anilines is 3. The van der Waals surface area contributed by atoms with E-state index in [0.717, 1.165) is 37.8 Å². The molecule has 0 N–H and O–H groups in total. The molecule has 0 atom stereocenters. The van der Waals surface area contributed by atoms with Gasteiger partial charge in [-0.05, 0) is 60.7 Å². The summed E-state index contributed by atoms with van der Waals surface area (Å²) in [5, 5.41) is 0. The van der Waals surface area contributed by atoms with Gasteiger partial charge in [0.1, 0.15) is 11.0 Å². The van der Waals surface area contributed by atoms with Gasteiger partial charge in [-0.15, -0.1) is 0 Å². The number of benzene rings is 5. The molecule has 0 aliphatic carbocycles. The van der Waals surface area contributed by atoms with Gasteiger partial charge in [-0.1, -0.05) is 75.5 Å². The molecule has 2 aromatic heterocycles. The Kier molecular flexibility index (Phi) is 4.61. The predicted octanol–water partition coefficient (Wildman–Crippen LogP) is 10.9. The molecule has 7 aromatic rings. The fourth-order valence-electron chi connectivity index (χ4n) is 5.77. The van der Waals surface area contributed by atoms with Gasteiger partial charge in [0.2, 0.25) is 11.8 Å². The molecule has 0 fully saturated rings. The van der Waals surface area contributed by atoms with Gasteiger partial charge in [-0.2, -0.15) is 0 Å². The molecule has 5 aromatic carbocycles. The molecule has 0 amide bonds. The summed E-state index contributed by atoms with van der Waals surface area (Å²) >= 11 is 9.17. The standard InChI is InChI=1S/C32H14BrN3O2S3/c33-17-13-26-30-27(14-17)41-25-12-16(32-35-19-6-2-4-8-21(19)38-32)10-23-29(25)36(30)28-22(39-23)9-15(11-24(28)40-26)31-34-18-5-1-3-7-20(18)37-31/h1-14H. The van der Waals surface area contributed by atoms with E-state index in [1.807, 2.05) is 72.1 Å². The van der Waals surface area contributed by atoms with Crippen molar-refractivity contribution in [1.82, 2.24) is 9.97 Å². The first-order valence-corrected chi connectivity index (χ1v) is 16.2. The molecule has 5 heterocycles. The number of fused-ring (bicyclic) bond motifs is 2. The highest BCUT2D eigenvalue weighted by Crippen LogP contribution is 2.67. The Bertz CT molecular complexity index is 2070. The minimum atomic E-state index is 0.632. The summed E-state index contributed by atoms with van der Waals surface area (Å²) < 4.78 is 13.5. The first-order chi connectivity index (χ1) is 20.2. The molecular weight excluding hydrogens is 634 g/mol. The Morgan fingerprint density at radius 3 is 1.34 bits per heavy atom. The van der Waals surface area contributed by atoms with E-state index in [-0.39, 0.29) is 0 Å². The fourth-order valence-corrected chi connectivity index (χ4v) is 10.3. The van der Waals surface area contributed by atoms with Gasteiger partial charge in [0.05, 0.1) is 17.1 Å². The number of para-hydroxylation sites is 4. The summed E-state index contributed by atoms with van der Waals surface area (Å²) in [6.45, 7) is 0. The van der Waals surface area contributed by atoms with E-state index in [1.165, 1.54) is 46.4 Å². The zero-order valence-corrected chi connectivity index (χ0v) is 24.9. The van der Waals surface area contributed by atoms with Crippen LogP contribution in [0, 0.1) is 0 Å². The molecule has 3 aliphatic heterocycles. The molecule has 194 valence electrons. The average Bonchev–Trinajstić information content (AvgIpc) is 3.61. The summed E-state index contributed by atoms with van der Waals surface area (Å²) in [5.74, 6) is 1.26. The van der Waals surface area contributed by atoms with E-state index in [2.05, 4.69) is 57.2 Å². The Labute approximate surface area is 254 Å². The Hall–Kier alpha value is -3.63. The molecular formula is C32H14BrN3O2S3. The zero-order chi connectivity index (χ0) is 26.8. The molecule has 0 saturated heterocycles. The van der Waals surface area contributed by atoms with Crippen molar-refractivity contribution in [2.24, 2.45) is 0 Å². The molecule has 41 heavy (non-hydrogen) atoms. The highest BCUT2D eigenvalue weighted by atomic mass is 79.9. The fraction of sp³-hybridized carbons (Fsp3) is 0. The first-order valence-electron chi connectivity index (χ1n) is 12.9. The van der Waals surface area contributed by atoms with E-state index in [1.54, 1.807) is 11.8 Å². The van der Waals surface area contributed by atoms with Crippen LogP contribution in [-0.4, -0.2) is 9.97 Å². The number of hydrogen-bond donors (Lipinski definition) is 0. The number of nitrogens with zero attached hydrogens (tertiary/aromatic N) is 3. The minimum Gasteiger partial charge on any atom is -0.436 e. The third-order valence-corrected chi connectivity index (χ3v) is 11.1. The van der Waals surface area contributed by atoms with Gasteiger partial charge < -0.3 is 13.7 Å². The summed E-state index contributed by atoms with van der Waals surface area (Å²) in [6, 6.07) is 29.1. The predicted molar refractivity (Wildman–Crippen MR) is 167 cm³/mol. The molecule has 3 aliphatic rings. The Balaban J connectivity index is 1.22. The first kappa shape index (κ1) is 23.0. The molecule has 0 radical (unpaired) electrons. The van der Waals surface area contributed by atoms with Crippen LogP contribution in [0.15, 0.2) is 128 Å². The van der Waals surface area contributed by atoms with Crippen molar-refractivity contribution in [2.75, 3.05) is 4.90 Å². The van der Waals surface area contributed by atoms with Crippen LogP contribution in [0.2, 0.25) is 0 Å². The van der Waals surface area contributed by atoms with E-state index < -0.39 is 0 Å². The lowest BCUT2D eigenvalue weighted by atomic mass is 10.1. The minimum absolute atomic E-state index is 0.632. The Morgan fingerprint density at radius 2 is 0.927 bits per heavy atom. The largest absolute Gasteiger partial charge is 0.436 e. The second-order valence-corrected chi connectivity index (χ2v) is 14.2. The summed E-state index contributed by atoms with van der Waals surface area (Å²) in [7, 11) is 0. The maximum Gasteiger partial charge on any atom is 0.227 e. The van der Waals surface area contributed by atoms with Crippen molar-refractivity contribution in [3.8, 4) is 22.9 Å². The second kappa shape index (κ2) is 8.23. The molecule has 0 bridgehead atoms. The zero-order valence-electron chi connectivity index (χ0n) is 20.8. The maximum absolute atomic E-state index is 6.21. The lowest BCUT2D eigenvalue weighted by Gasteiger charge is -2.43. The van der Waals surface area contributed by atoms with Crippen LogP contribution in [0.25, 0.3) is 45.1 Å². The van der Waals surface area contributed by atoms with E-state index >= 15 is 0 Å². The van der Waals surface area contributed by atoms with Gasteiger partial charge in [0.25, 0.3) is 0 Å². The van der Waals surface area contributed by atoms with E-state index in [9.17, 15) is 0 Å². The summed E-state index contributed by atoms with van der Waals surface area (Å²) in [4.78, 5) is 19.3. The van der Waals surface area contributed by atoms with Crippen LogP contribution >= 0.6 is 51.2 Å². The smallest absolute Gasteiger partial charge is 0.227 e. The third kappa shape index (κ3) is 3.28. The van der Waals surface area contributed by atoms with Crippen molar-refractivity contribution in [1.29, 1.82) is 0 Å². The average molecular weight is 649 g/mol. The second-order valence-electron chi connectivity index (χ2n) is 10.0. The molecule has 5 nitrogen and oxygen atoms in total. The number of oxazole rings is 2. The summed E-state index contributed by atoms with van der Waals surface area (Å²) in [5.41, 5.74) is 8.93. The third-order valence-electron chi connectivity index (χ3n) is 7.50. The van der Waals surface area contributed by atoms with E-state index in [0.29, 0.717) is 11.8 Å². The molecule has 10 rings (SSSR count). The topological polar surface area (TPSA) is 55.3 Å². The van der Waals surface area contributed by atoms with Crippen molar-refractivity contribution in [2.45, 2.75) is 29.4 Å². The van der Waals surface area contributed by atoms with Crippen molar-refractivity contribution in [3.63, 3.8) is 0 Å². The number of aromatic nitrogens is 2. The highest BCUT2D eigenvalue weighted by Gasteiger charge is 2.40. The SMILES string of the molecule is Brc1cc2c3c(c1)Sc1cc(-c4nc5ccccc5o4)cc4c1N3c1c(cc(-c3nc5ccccc5o3)cc1S4)S2. The van der Waals surface area contributed by atoms with Crippen molar-refractivity contribution in [3.05, 3.63) is 89.4 Å².